The normalized spacial score (nSPS) is 17.1. The summed E-state index contributed by atoms with van der Waals surface area (Å²) in [5, 5.41) is 8.22. The molecule has 0 radical (unpaired) electrons. The van der Waals surface area contributed by atoms with Gasteiger partial charge in [0.2, 0.25) is 0 Å². The van der Waals surface area contributed by atoms with E-state index in [9.17, 15) is 0 Å². The Morgan fingerprint density at radius 2 is 2.00 bits per heavy atom. The Hall–Kier alpha value is 0.660. The zero-order valence-electron chi connectivity index (χ0n) is 4.24. The molecule has 0 aliphatic carbocycles. The third kappa shape index (κ3) is 10.8. The van der Waals surface area contributed by atoms with Crippen LogP contribution in [0, 0.1) is 6.92 Å². The number of nitrogens with two attached hydrogens (primary N) is 1. The SMILES string of the molecule is [Au+].[CH2-]C(C)(N)CO. The summed E-state index contributed by atoms with van der Waals surface area (Å²) in [5.41, 5.74) is 4.52. The summed E-state index contributed by atoms with van der Waals surface area (Å²) in [7, 11) is 0. The number of aliphatic hydroxyl groups is 1. The third-order valence-corrected chi connectivity index (χ3v) is 0.361. The van der Waals surface area contributed by atoms with Crippen molar-refractivity contribution in [1.29, 1.82) is 0 Å². The first-order chi connectivity index (χ1) is 2.56. The molecule has 7 heavy (non-hydrogen) atoms. The molecule has 0 heterocycles. The zero-order valence-corrected chi connectivity index (χ0v) is 6.41. The molecule has 0 aromatic carbocycles. The van der Waals surface area contributed by atoms with E-state index in [2.05, 4.69) is 6.92 Å². The molecule has 1 atom stereocenters. The van der Waals surface area contributed by atoms with Gasteiger partial charge in [-0.3, -0.25) is 0 Å². The Labute approximate surface area is 59.6 Å². The van der Waals surface area contributed by atoms with Crippen LogP contribution in [0.4, 0.5) is 0 Å². The molecule has 0 bridgehead atoms. The van der Waals surface area contributed by atoms with Crippen molar-refractivity contribution in [3.63, 3.8) is 0 Å². The van der Waals surface area contributed by atoms with Crippen LogP contribution in [0.2, 0.25) is 0 Å². The van der Waals surface area contributed by atoms with Crippen molar-refractivity contribution in [3.8, 4) is 0 Å². The Balaban J connectivity index is 0. The largest absolute Gasteiger partial charge is 1.00 e. The molecular weight excluding hydrogens is 275 g/mol. The van der Waals surface area contributed by atoms with Crippen molar-refractivity contribution in [3.05, 3.63) is 6.92 Å². The van der Waals surface area contributed by atoms with Crippen molar-refractivity contribution in [2.45, 2.75) is 12.5 Å². The fourth-order valence-electron chi connectivity index (χ4n) is 0. The molecule has 2 nitrogen and oxygen atoms in total. The van der Waals surface area contributed by atoms with E-state index in [4.69, 9.17) is 10.8 Å². The summed E-state index contributed by atoms with van der Waals surface area (Å²) in [4.78, 5) is 0. The Morgan fingerprint density at radius 1 is 1.86 bits per heavy atom. The zero-order chi connectivity index (χ0) is 5.21. The Morgan fingerprint density at radius 3 is 2.00 bits per heavy atom. The second-order valence-corrected chi connectivity index (χ2v) is 1.81. The predicted molar refractivity (Wildman–Crippen MR) is 25.0 cm³/mol. The smallest absolute Gasteiger partial charge is 0.397 e. The Bertz CT molecular complexity index is 41.4. The quantitative estimate of drug-likeness (QED) is 0.505. The summed E-state index contributed by atoms with van der Waals surface area (Å²) >= 11 is 0. The fraction of sp³-hybridized carbons (Fsp3) is 0.750. The van der Waals surface area contributed by atoms with Gasteiger partial charge in [-0.05, 0) is 0 Å². The molecule has 0 saturated heterocycles. The molecule has 3 N–H and O–H groups in total. The van der Waals surface area contributed by atoms with Gasteiger partial charge >= 0.3 is 22.4 Å². The van der Waals surface area contributed by atoms with Crippen LogP contribution >= 0.6 is 0 Å². The van der Waals surface area contributed by atoms with Gasteiger partial charge in [0.05, 0.1) is 0 Å². The molecule has 0 amide bonds. The van der Waals surface area contributed by atoms with E-state index in [1.54, 1.807) is 6.92 Å². The molecule has 0 rings (SSSR count). The van der Waals surface area contributed by atoms with Crippen LogP contribution in [0.3, 0.4) is 0 Å². The van der Waals surface area contributed by atoms with Gasteiger partial charge in [0, 0.05) is 6.61 Å². The van der Waals surface area contributed by atoms with Crippen LogP contribution in [0.1, 0.15) is 6.92 Å². The topological polar surface area (TPSA) is 46.2 Å². The summed E-state index contributed by atoms with van der Waals surface area (Å²) < 4.78 is 0. The van der Waals surface area contributed by atoms with Gasteiger partial charge in [0.25, 0.3) is 0 Å². The second-order valence-electron chi connectivity index (χ2n) is 1.81. The summed E-state index contributed by atoms with van der Waals surface area (Å²) in [6.07, 6.45) is 0. The molecule has 1 unspecified atom stereocenters. The minimum absolute atomic E-state index is 0. The van der Waals surface area contributed by atoms with Crippen molar-refractivity contribution < 1.29 is 27.5 Å². The molecule has 0 aliphatic heterocycles. The van der Waals surface area contributed by atoms with E-state index in [1.807, 2.05) is 0 Å². The molecule has 0 saturated carbocycles. The minimum Gasteiger partial charge on any atom is -0.397 e. The molecular formula is C4H10AuNO. The van der Waals surface area contributed by atoms with Gasteiger partial charge in [-0.1, -0.05) is 12.5 Å². The third-order valence-electron chi connectivity index (χ3n) is 0.361. The molecule has 0 aromatic rings. The predicted octanol–water partition coefficient (Wildman–Crippen LogP) is -0.472. The maximum atomic E-state index is 8.22. The van der Waals surface area contributed by atoms with Crippen LogP contribution in [0.15, 0.2) is 0 Å². The van der Waals surface area contributed by atoms with Gasteiger partial charge in [0.15, 0.2) is 0 Å². The maximum absolute atomic E-state index is 8.22. The van der Waals surface area contributed by atoms with Crippen LogP contribution in [0.5, 0.6) is 0 Å². The number of aliphatic hydroxyl groups excluding tert-OH is 1. The van der Waals surface area contributed by atoms with Crippen molar-refractivity contribution in [1.82, 2.24) is 0 Å². The first kappa shape index (κ1) is 10.6. The molecule has 0 fully saturated rings. The van der Waals surface area contributed by atoms with Gasteiger partial charge in [-0.25, -0.2) is 0 Å². The van der Waals surface area contributed by atoms with E-state index in [0.717, 1.165) is 0 Å². The second kappa shape index (κ2) is 3.64. The molecule has 0 aromatic heterocycles. The van der Waals surface area contributed by atoms with Crippen molar-refractivity contribution in [2.75, 3.05) is 6.61 Å². The van der Waals surface area contributed by atoms with E-state index in [0.29, 0.717) is 0 Å². The van der Waals surface area contributed by atoms with Gasteiger partial charge in [0.1, 0.15) is 0 Å². The first-order valence-electron chi connectivity index (χ1n) is 1.81. The molecule has 0 spiro atoms. The molecule has 48 valence electrons. The van der Waals surface area contributed by atoms with E-state index in [-0.39, 0.29) is 29.0 Å². The van der Waals surface area contributed by atoms with Crippen molar-refractivity contribution >= 4 is 0 Å². The van der Waals surface area contributed by atoms with Gasteiger partial charge in [-0.2, -0.15) is 0 Å². The molecule has 3 heteroatoms. The minimum atomic E-state index is -0.653. The molecule has 0 aliphatic rings. The average molecular weight is 285 g/mol. The van der Waals surface area contributed by atoms with Gasteiger partial charge < -0.3 is 17.8 Å². The average Bonchev–Trinajstić information content (AvgIpc) is 1.35. The Kier molecular flexibility index (Phi) is 5.51. The van der Waals surface area contributed by atoms with Crippen LogP contribution in [-0.2, 0) is 22.4 Å². The first-order valence-corrected chi connectivity index (χ1v) is 1.81. The van der Waals surface area contributed by atoms with Crippen LogP contribution in [-0.4, -0.2) is 17.3 Å². The van der Waals surface area contributed by atoms with Crippen LogP contribution < -0.4 is 5.73 Å². The summed E-state index contributed by atoms with van der Waals surface area (Å²) in [6.45, 7) is 5.01. The van der Waals surface area contributed by atoms with E-state index < -0.39 is 5.54 Å². The maximum Gasteiger partial charge on any atom is 1.00 e. The number of rotatable bonds is 1. The fourth-order valence-corrected chi connectivity index (χ4v) is 0. The number of hydrogen-bond donors (Lipinski definition) is 2. The van der Waals surface area contributed by atoms with E-state index in [1.165, 1.54) is 0 Å². The standard InChI is InChI=1S/C4H10NO.Au/c1-4(2,5)3-6;/h6H,1,3,5H2,2H3;/q-1;+1. The summed E-state index contributed by atoms with van der Waals surface area (Å²) in [6, 6.07) is 0. The van der Waals surface area contributed by atoms with Crippen molar-refractivity contribution in [2.24, 2.45) is 5.73 Å². The summed E-state index contributed by atoms with van der Waals surface area (Å²) in [5.74, 6) is 0. The monoisotopic (exact) mass is 285 g/mol. The van der Waals surface area contributed by atoms with Crippen LogP contribution in [0.25, 0.3) is 0 Å². The van der Waals surface area contributed by atoms with E-state index >= 15 is 0 Å². The van der Waals surface area contributed by atoms with Gasteiger partial charge in [-0.15, -0.1) is 0 Å². The number of hydrogen-bond acceptors (Lipinski definition) is 2.